The predicted octanol–water partition coefficient (Wildman–Crippen LogP) is 2.99. The number of ether oxygens (including phenoxy) is 2. The second-order valence-corrected chi connectivity index (χ2v) is 5.74. The molecule has 1 aliphatic heterocycles. The van der Waals surface area contributed by atoms with E-state index in [2.05, 4.69) is 41.4 Å². The summed E-state index contributed by atoms with van der Waals surface area (Å²) in [5, 5.41) is 3.41. The van der Waals surface area contributed by atoms with Gasteiger partial charge in [-0.15, -0.1) is 0 Å². The Bertz CT molecular complexity index is 597. The highest BCUT2D eigenvalue weighted by Gasteiger charge is 2.21. The number of nitrogens with one attached hydrogen (secondary N) is 1. The van der Waals surface area contributed by atoms with Crippen molar-refractivity contribution in [3.63, 3.8) is 0 Å². The van der Waals surface area contributed by atoms with E-state index in [4.69, 9.17) is 14.5 Å². The molecule has 132 valence electrons. The van der Waals surface area contributed by atoms with Gasteiger partial charge in [-0.3, -0.25) is 4.99 Å². The minimum absolute atomic E-state index is 0.785. The molecule has 0 amide bonds. The molecule has 0 aliphatic carbocycles. The Kier molecular flexibility index (Phi) is 6.97. The van der Waals surface area contributed by atoms with Gasteiger partial charge in [0.1, 0.15) is 0 Å². The highest BCUT2D eigenvalue weighted by Crippen LogP contribution is 2.33. The minimum Gasteiger partial charge on any atom is -0.493 e. The number of hydrogen-bond acceptors (Lipinski definition) is 3. The van der Waals surface area contributed by atoms with Gasteiger partial charge in [-0.05, 0) is 49.9 Å². The smallest absolute Gasteiger partial charge is 0.194 e. The van der Waals surface area contributed by atoms with Crippen molar-refractivity contribution in [3.8, 4) is 11.5 Å². The summed E-state index contributed by atoms with van der Waals surface area (Å²) in [4.78, 5) is 7.06. The number of nitrogens with zero attached hydrogens (tertiary/aromatic N) is 2. The predicted molar refractivity (Wildman–Crippen MR) is 99.1 cm³/mol. The van der Waals surface area contributed by atoms with Crippen LogP contribution < -0.4 is 14.8 Å². The zero-order valence-electron chi connectivity index (χ0n) is 15.3. The number of benzene rings is 1. The highest BCUT2D eigenvalue weighted by molar-refractivity contribution is 5.80. The molecule has 0 saturated carbocycles. The summed E-state index contributed by atoms with van der Waals surface area (Å²) in [7, 11) is 3.36. The van der Waals surface area contributed by atoms with Crippen molar-refractivity contribution in [3.05, 3.63) is 35.4 Å². The molecule has 1 aromatic rings. The third-order valence-electron chi connectivity index (χ3n) is 4.15. The maximum absolute atomic E-state index is 5.44. The van der Waals surface area contributed by atoms with Crippen LogP contribution in [0.4, 0.5) is 0 Å². The van der Waals surface area contributed by atoms with Gasteiger partial charge in [0, 0.05) is 26.2 Å². The van der Waals surface area contributed by atoms with Crippen LogP contribution in [0.25, 0.3) is 0 Å². The van der Waals surface area contributed by atoms with E-state index < -0.39 is 0 Å². The Balaban J connectivity index is 2.16. The van der Waals surface area contributed by atoms with Crippen LogP contribution >= 0.6 is 0 Å². The van der Waals surface area contributed by atoms with E-state index in [0.717, 1.165) is 56.5 Å². The lowest BCUT2D eigenvalue weighted by molar-refractivity contribution is 0.346. The molecule has 0 atom stereocenters. The number of guanidine groups is 1. The van der Waals surface area contributed by atoms with Crippen LogP contribution in [0.5, 0.6) is 11.5 Å². The van der Waals surface area contributed by atoms with Gasteiger partial charge in [0.25, 0.3) is 0 Å². The zero-order valence-corrected chi connectivity index (χ0v) is 15.3. The van der Waals surface area contributed by atoms with Crippen molar-refractivity contribution in [2.45, 2.75) is 33.2 Å². The first-order valence-electron chi connectivity index (χ1n) is 8.61. The van der Waals surface area contributed by atoms with Gasteiger partial charge in [0.15, 0.2) is 17.5 Å². The summed E-state index contributed by atoms with van der Waals surface area (Å²) in [6, 6.07) is 4.19. The van der Waals surface area contributed by atoms with Gasteiger partial charge in [-0.2, -0.15) is 0 Å². The van der Waals surface area contributed by atoms with Gasteiger partial charge in [0.2, 0.25) is 0 Å². The summed E-state index contributed by atoms with van der Waals surface area (Å²) < 4.78 is 10.9. The van der Waals surface area contributed by atoms with Crippen LogP contribution in [0.1, 0.15) is 31.4 Å². The van der Waals surface area contributed by atoms with Crippen molar-refractivity contribution in [1.29, 1.82) is 0 Å². The first kappa shape index (κ1) is 18.2. The van der Waals surface area contributed by atoms with E-state index in [1.807, 2.05) is 6.92 Å². The molecule has 5 heteroatoms. The molecule has 0 bridgehead atoms. The summed E-state index contributed by atoms with van der Waals surface area (Å²) in [6.45, 7) is 7.62. The third-order valence-corrected chi connectivity index (χ3v) is 4.15. The Morgan fingerprint density at radius 3 is 2.58 bits per heavy atom. The fourth-order valence-corrected chi connectivity index (χ4v) is 2.90. The molecule has 2 rings (SSSR count). The molecular weight excluding hydrogens is 302 g/mol. The highest BCUT2D eigenvalue weighted by atomic mass is 16.5. The molecule has 0 unspecified atom stereocenters. The van der Waals surface area contributed by atoms with Crippen molar-refractivity contribution in [1.82, 2.24) is 10.2 Å². The van der Waals surface area contributed by atoms with Crippen LogP contribution in [-0.2, 0) is 13.0 Å². The Hall–Kier alpha value is -2.17. The number of aliphatic imine (C=N–C) groups is 1. The summed E-state index contributed by atoms with van der Waals surface area (Å²) in [5.41, 5.74) is 2.60. The molecule has 5 nitrogen and oxygen atoms in total. The summed E-state index contributed by atoms with van der Waals surface area (Å²) >= 11 is 0. The van der Waals surface area contributed by atoms with E-state index in [1.54, 1.807) is 14.2 Å². The van der Waals surface area contributed by atoms with Gasteiger partial charge < -0.3 is 19.7 Å². The maximum Gasteiger partial charge on any atom is 0.194 e. The molecule has 1 heterocycles. The summed E-state index contributed by atoms with van der Waals surface area (Å²) in [6.07, 6.45) is 6.17. The van der Waals surface area contributed by atoms with Gasteiger partial charge in [-0.1, -0.05) is 12.2 Å². The molecule has 1 aliphatic rings. The van der Waals surface area contributed by atoms with Gasteiger partial charge >= 0.3 is 0 Å². The van der Waals surface area contributed by atoms with Gasteiger partial charge in [0.05, 0.1) is 14.2 Å². The Labute approximate surface area is 145 Å². The lowest BCUT2D eigenvalue weighted by atomic mass is 9.99. The minimum atomic E-state index is 0.785. The third kappa shape index (κ3) is 4.43. The van der Waals surface area contributed by atoms with E-state index in [1.165, 1.54) is 11.1 Å². The maximum atomic E-state index is 5.44. The Morgan fingerprint density at radius 1 is 1.25 bits per heavy atom. The lowest BCUT2D eigenvalue weighted by Crippen LogP contribution is -2.44. The van der Waals surface area contributed by atoms with Crippen LogP contribution in [0, 0.1) is 0 Å². The largest absolute Gasteiger partial charge is 0.493 e. The molecule has 1 N–H and O–H groups in total. The van der Waals surface area contributed by atoms with Crippen molar-refractivity contribution < 1.29 is 9.47 Å². The lowest BCUT2D eigenvalue weighted by Gasteiger charge is -2.32. The average Bonchev–Trinajstić information content (AvgIpc) is 2.62. The number of rotatable bonds is 6. The standard InChI is InChI=1S/C19H29N3O2/c1-5-7-8-10-21-19(20-6-2)22-11-9-15-12-17(23-3)18(24-4)13-16(15)14-22/h5,7,12-13H,6,8-11,14H2,1-4H3,(H,20,21)/b7-5+. The van der Waals surface area contributed by atoms with Crippen molar-refractivity contribution in [2.75, 3.05) is 33.9 Å². The number of allylic oxidation sites excluding steroid dienone is 1. The molecule has 0 radical (unpaired) electrons. The van der Waals surface area contributed by atoms with Crippen LogP contribution in [0.15, 0.2) is 29.3 Å². The number of hydrogen-bond donors (Lipinski definition) is 1. The number of fused-ring (bicyclic) bond motifs is 1. The Morgan fingerprint density at radius 2 is 1.96 bits per heavy atom. The number of methoxy groups -OCH3 is 2. The van der Waals surface area contributed by atoms with Gasteiger partial charge in [-0.25, -0.2) is 0 Å². The van der Waals surface area contributed by atoms with Crippen LogP contribution in [0.3, 0.4) is 0 Å². The molecule has 0 saturated heterocycles. The van der Waals surface area contributed by atoms with Crippen molar-refractivity contribution in [2.24, 2.45) is 4.99 Å². The molecule has 1 aromatic carbocycles. The quantitative estimate of drug-likeness (QED) is 0.377. The molecular formula is C19H29N3O2. The normalized spacial score (nSPS) is 14.7. The van der Waals surface area contributed by atoms with Crippen molar-refractivity contribution >= 4 is 5.96 Å². The second-order valence-electron chi connectivity index (χ2n) is 5.74. The average molecular weight is 331 g/mol. The molecule has 24 heavy (non-hydrogen) atoms. The molecule has 0 spiro atoms. The van der Waals surface area contributed by atoms with Crippen LogP contribution in [-0.4, -0.2) is 44.7 Å². The van der Waals surface area contributed by atoms with Crippen LogP contribution in [0.2, 0.25) is 0 Å². The second kappa shape index (κ2) is 9.21. The van der Waals surface area contributed by atoms with E-state index in [-0.39, 0.29) is 0 Å². The fraction of sp³-hybridized carbons (Fsp3) is 0.526. The first-order chi connectivity index (χ1) is 11.7. The topological polar surface area (TPSA) is 46.1 Å². The van der Waals surface area contributed by atoms with E-state index >= 15 is 0 Å². The van der Waals surface area contributed by atoms with E-state index in [9.17, 15) is 0 Å². The fourth-order valence-electron chi connectivity index (χ4n) is 2.90. The molecule has 0 aromatic heterocycles. The summed E-state index contributed by atoms with van der Waals surface area (Å²) in [5.74, 6) is 2.58. The first-order valence-corrected chi connectivity index (χ1v) is 8.61. The van der Waals surface area contributed by atoms with E-state index in [0.29, 0.717) is 0 Å². The molecule has 0 fully saturated rings. The monoisotopic (exact) mass is 331 g/mol. The SMILES string of the molecule is C/C=C/CCN=C(NCC)N1CCc2cc(OC)c(OC)cc2C1. The zero-order chi connectivity index (χ0) is 17.4.